The summed E-state index contributed by atoms with van der Waals surface area (Å²) in [6.07, 6.45) is 4.62. The second-order valence-corrected chi connectivity index (χ2v) is 7.03. The smallest absolute Gasteiger partial charge is 0.324 e. The number of carboxylic acid groups (broad SMARTS) is 2. The first-order valence-electron chi connectivity index (χ1n) is 9.44. The van der Waals surface area contributed by atoms with E-state index in [9.17, 15) is 19.5 Å². The van der Waals surface area contributed by atoms with Gasteiger partial charge in [-0.25, -0.2) is 0 Å². The van der Waals surface area contributed by atoms with Gasteiger partial charge in [0.2, 0.25) is 0 Å². The lowest BCUT2D eigenvalue weighted by molar-refractivity contribution is -0.148. The molecule has 0 heterocycles. The van der Waals surface area contributed by atoms with Gasteiger partial charge in [0.05, 0.1) is 0 Å². The molecule has 0 radical (unpaired) electrons. The predicted molar refractivity (Wildman–Crippen MR) is 97.6 cm³/mol. The average molecular weight is 357 g/mol. The van der Waals surface area contributed by atoms with E-state index in [4.69, 9.17) is 5.11 Å². The van der Waals surface area contributed by atoms with Crippen LogP contribution in [0.2, 0.25) is 0 Å². The number of ketones is 1. The molecule has 146 valence electrons. The molecule has 0 fully saturated rings. The van der Waals surface area contributed by atoms with Gasteiger partial charge in [0.15, 0.2) is 0 Å². The van der Waals surface area contributed by atoms with Crippen LogP contribution in [-0.4, -0.2) is 40.0 Å². The molecule has 0 bridgehead atoms. The first-order valence-corrected chi connectivity index (χ1v) is 9.44. The Balaban J connectivity index is 4.78. The fourth-order valence-electron chi connectivity index (χ4n) is 3.30. The predicted octanol–water partition coefficient (Wildman–Crippen LogP) is 3.49. The molecule has 2 atom stereocenters. The molecule has 0 saturated carbocycles. The summed E-state index contributed by atoms with van der Waals surface area (Å²) in [6.45, 7) is 7.90. The molecule has 0 aromatic rings. The second-order valence-electron chi connectivity index (χ2n) is 7.03. The normalized spacial score (nSPS) is 14.9. The van der Waals surface area contributed by atoms with E-state index >= 15 is 0 Å². The zero-order chi connectivity index (χ0) is 19.5. The maximum atomic E-state index is 12.0. The molecule has 25 heavy (non-hydrogen) atoms. The van der Waals surface area contributed by atoms with Crippen LogP contribution >= 0.6 is 0 Å². The van der Waals surface area contributed by atoms with E-state index in [-0.39, 0.29) is 24.0 Å². The highest BCUT2D eigenvalue weighted by molar-refractivity contribution is 5.81. The van der Waals surface area contributed by atoms with Crippen molar-refractivity contribution in [3.05, 3.63) is 0 Å². The van der Waals surface area contributed by atoms with Crippen molar-refractivity contribution in [3.8, 4) is 0 Å². The lowest BCUT2D eigenvalue weighted by Gasteiger charge is -2.37. The van der Waals surface area contributed by atoms with Gasteiger partial charge in [-0.3, -0.25) is 14.4 Å². The molecular formula is C19H35NO5. The highest BCUT2D eigenvalue weighted by Gasteiger charge is 2.42. The van der Waals surface area contributed by atoms with E-state index < -0.39 is 17.5 Å². The Morgan fingerprint density at radius 3 is 2.08 bits per heavy atom. The number of nitrogens with one attached hydrogen (secondary N) is 1. The van der Waals surface area contributed by atoms with Crippen molar-refractivity contribution in [3.63, 3.8) is 0 Å². The summed E-state index contributed by atoms with van der Waals surface area (Å²) in [7, 11) is 0. The van der Waals surface area contributed by atoms with Crippen molar-refractivity contribution < 1.29 is 24.6 Å². The molecule has 0 aromatic carbocycles. The maximum absolute atomic E-state index is 12.0. The van der Waals surface area contributed by atoms with E-state index in [1.54, 1.807) is 0 Å². The van der Waals surface area contributed by atoms with Gasteiger partial charge in [0.25, 0.3) is 0 Å². The summed E-state index contributed by atoms with van der Waals surface area (Å²) < 4.78 is 0. The molecule has 0 aromatic heterocycles. The highest BCUT2D eigenvalue weighted by atomic mass is 16.4. The van der Waals surface area contributed by atoms with Gasteiger partial charge in [-0.15, -0.1) is 0 Å². The van der Waals surface area contributed by atoms with E-state index in [2.05, 4.69) is 5.32 Å². The molecule has 0 rings (SSSR count). The number of aliphatic carboxylic acids is 2. The standard InChI is InChI=1S/C19H35NO5/c1-5-15(10-8-7-9-11-17(22)23)19(6-2,18(24)25)20-13-12-16(21)14(3)4/h14-15,20H,5-13H2,1-4H3,(H,22,23)(H,24,25). The zero-order valence-electron chi connectivity index (χ0n) is 16.1. The van der Waals surface area contributed by atoms with Crippen LogP contribution in [0.4, 0.5) is 0 Å². The van der Waals surface area contributed by atoms with Crippen LogP contribution in [0.25, 0.3) is 0 Å². The van der Waals surface area contributed by atoms with E-state index in [0.29, 0.717) is 25.8 Å². The Hall–Kier alpha value is -1.43. The fourth-order valence-corrected chi connectivity index (χ4v) is 3.30. The third kappa shape index (κ3) is 7.99. The third-order valence-corrected chi connectivity index (χ3v) is 5.03. The first kappa shape index (κ1) is 23.6. The third-order valence-electron chi connectivity index (χ3n) is 5.03. The summed E-state index contributed by atoms with van der Waals surface area (Å²) in [5.74, 6) is -1.63. The van der Waals surface area contributed by atoms with Crippen LogP contribution in [0.1, 0.15) is 79.1 Å². The number of hydrogen-bond donors (Lipinski definition) is 3. The van der Waals surface area contributed by atoms with Crippen molar-refractivity contribution in [2.45, 2.75) is 84.6 Å². The molecule has 0 saturated heterocycles. The van der Waals surface area contributed by atoms with Crippen molar-refractivity contribution >= 4 is 17.7 Å². The summed E-state index contributed by atoms with van der Waals surface area (Å²) in [5, 5.41) is 21.7. The molecule has 3 N–H and O–H groups in total. The number of carbonyl (C=O) groups excluding carboxylic acids is 1. The van der Waals surface area contributed by atoms with Crippen LogP contribution in [0.15, 0.2) is 0 Å². The van der Waals surface area contributed by atoms with Crippen molar-refractivity contribution in [1.82, 2.24) is 5.32 Å². The molecule has 6 heteroatoms. The Kier molecular flexibility index (Phi) is 11.3. The van der Waals surface area contributed by atoms with Gasteiger partial charge in [0, 0.05) is 25.3 Å². The Morgan fingerprint density at radius 2 is 1.64 bits per heavy atom. The molecular weight excluding hydrogens is 322 g/mol. The summed E-state index contributed by atoms with van der Waals surface area (Å²) >= 11 is 0. The largest absolute Gasteiger partial charge is 0.481 e. The van der Waals surface area contributed by atoms with Crippen molar-refractivity contribution in [2.24, 2.45) is 11.8 Å². The molecule has 0 aliphatic carbocycles. The number of Topliss-reactive ketones (excluding diaryl/α,β-unsaturated/α-hetero) is 1. The number of carbonyl (C=O) groups is 3. The minimum atomic E-state index is -1.03. The second kappa shape index (κ2) is 12.0. The van der Waals surface area contributed by atoms with Gasteiger partial charge in [-0.05, 0) is 25.2 Å². The fraction of sp³-hybridized carbons (Fsp3) is 0.842. The van der Waals surface area contributed by atoms with Gasteiger partial charge in [0.1, 0.15) is 11.3 Å². The summed E-state index contributed by atoms with van der Waals surface area (Å²) in [6, 6.07) is 0. The van der Waals surface area contributed by atoms with E-state index in [1.807, 2.05) is 27.7 Å². The molecule has 0 aliphatic rings. The molecule has 0 amide bonds. The molecule has 0 aliphatic heterocycles. The first-order chi connectivity index (χ1) is 11.7. The maximum Gasteiger partial charge on any atom is 0.324 e. The quantitative estimate of drug-likeness (QED) is 0.388. The highest BCUT2D eigenvalue weighted by Crippen LogP contribution is 2.30. The summed E-state index contributed by atoms with van der Waals surface area (Å²) in [5.41, 5.74) is -1.03. The van der Waals surface area contributed by atoms with Crippen LogP contribution in [-0.2, 0) is 14.4 Å². The van der Waals surface area contributed by atoms with Crippen LogP contribution in [0.3, 0.4) is 0 Å². The topological polar surface area (TPSA) is 104 Å². The molecule has 0 spiro atoms. The van der Waals surface area contributed by atoms with Gasteiger partial charge < -0.3 is 15.5 Å². The average Bonchev–Trinajstić information content (AvgIpc) is 2.54. The summed E-state index contributed by atoms with van der Waals surface area (Å²) in [4.78, 5) is 34.4. The van der Waals surface area contributed by atoms with Gasteiger partial charge >= 0.3 is 11.9 Å². The number of carboxylic acids is 2. The Morgan fingerprint density at radius 1 is 1.00 bits per heavy atom. The number of hydrogen-bond acceptors (Lipinski definition) is 4. The molecule has 2 unspecified atom stereocenters. The van der Waals surface area contributed by atoms with Gasteiger partial charge in [-0.2, -0.15) is 0 Å². The van der Waals surface area contributed by atoms with E-state index in [0.717, 1.165) is 25.7 Å². The minimum absolute atomic E-state index is 0.0427. The van der Waals surface area contributed by atoms with E-state index in [1.165, 1.54) is 0 Å². The van der Waals surface area contributed by atoms with Crippen molar-refractivity contribution in [1.29, 1.82) is 0 Å². The molecule has 6 nitrogen and oxygen atoms in total. The van der Waals surface area contributed by atoms with Crippen LogP contribution in [0, 0.1) is 11.8 Å². The van der Waals surface area contributed by atoms with Crippen LogP contribution in [0.5, 0.6) is 0 Å². The number of rotatable bonds is 15. The monoisotopic (exact) mass is 357 g/mol. The number of unbranched alkanes of at least 4 members (excludes halogenated alkanes) is 2. The SMILES string of the molecule is CCC(CCCCCC(=O)O)C(CC)(NCCC(=O)C(C)C)C(=O)O. The van der Waals surface area contributed by atoms with Gasteiger partial charge in [-0.1, -0.05) is 47.0 Å². The Bertz CT molecular complexity index is 436. The lowest BCUT2D eigenvalue weighted by Crippen LogP contribution is -2.57. The Labute approximate surface area is 151 Å². The van der Waals surface area contributed by atoms with Crippen LogP contribution < -0.4 is 5.32 Å². The zero-order valence-corrected chi connectivity index (χ0v) is 16.1. The minimum Gasteiger partial charge on any atom is -0.481 e. The van der Waals surface area contributed by atoms with Crippen molar-refractivity contribution in [2.75, 3.05) is 6.54 Å². The lowest BCUT2D eigenvalue weighted by atomic mass is 9.76.